The molecule has 2 rings (SSSR count). The molecule has 4 nitrogen and oxygen atoms in total. The number of rotatable bonds is 5. The predicted molar refractivity (Wildman–Crippen MR) is 80.8 cm³/mol. The number of nitrogens with one attached hydrogen (secondary N) is 1. The van der Waals surface area contributed by atoms with Crippen LogP contribution in [0.1, 0.15) is 25.7 Å². The number of halogens is 1. The summed E-state index contributed by atoms with van der Waals surface area (Å²) in [5, 5.41) is 3.43. The minimum atomic E-state index is -0.145. The zero-order valence-corrected chi connectivity index (χ0v) is 12.2. The van der Waals surface area contributed by atoms with Crippen molar-refractivity contribution in [3.8, 4) is 0 Å². The van der Waals surface area contributed by atoms with Gasteiger partial charge in [0.1, 0.15) is 6.61 Å². The van der Waals surface area contributed by atoms with E-state index in [-0.39, 0.29) is 18.6 Å². The largest absolute Gasteiger partial charge is 0.368 e. The van der Waals surface area contributed by atoms with E-state index in [0.29, 0.717) is 17.5 Å². The molecule has 5 heteroatoms. The smallest absolute Gasteiger partial charge is 0.250 e. The van der Waals surface area contributed by atoms with Gasteiger partial charge in [0.15, 0.2) is 0 Å². The average molecular weight is 297 g/mol. The van der Waals surface area contributed by atoms with Crippen molar-refractivity contribution in [2.45, 2.75) is 31.8 Å². The molecule has 3 N–H and O–H groups in total. The molecule has 0 aliphatic heterocycles. The number of ether oxygens (including phenoxy) is 1. The lowest BCUT2D eigenvalue weighted by Crippen LogP contribution is -2.35. The summed E-state index contributed by atoms with van der Waals surface area (Å²) >= 11 is 5.79. The number of hydrogen-bond donors (Lipinski definition) is 2. The van der Waals surface area contributed by atoms with Gasteiger partial charge in [0.2, 0.25) is 5.91 Å². The third-order valence-corrected chi connectivity index (χ3v) is 3.95. The summed E-state index contributed by atoms with van der Waals surface area (Å²) in [6.45, 7) is 0.702. The molecule has 110 valence electrons. The molecule has 1 aliphatic rings. The number of amides is 1. The van der Waals surface area contributed by atoms with Gasteiger partial charge in [-0.25, -0.2) is 0 Å². The summed E-state index contributed by atoms with van der Waals surface area (Å²) in [7, 11) is 0. The van der Waals surface area contributed by atoms with E-state index in [4.69, 9.17) is 22.1 Å². The predicted octanol–water partition coefficient (Wildman–Crippen LogP) is 2.81. The Bertz CT molecular complexity index is 436. The van der Waals surface area contributed by atoms with Gasteiger partial charge in [-0.15, -0.1) is 0 Å². The second-order valence-electron chi connectivity index (χ2n) is 5.18. The highest BCUT2D eigenvalue weighted by Crippen LogP contribution is 2.26. The SMILES string of the molecule is NCC1CCCCC1OCC(=O)Nc1ccc(Cl)cc1. The molecule has 1 aliphatic carbocycles. The van der Waals surface area contributed by atoms with Crippen LogP contribution in [0.2, 0.25) is 5.02 Å². The summed E-state index contributed by atoms with van der Waals surface area (Å²) in [6.07, 6.45) is 4.57. The standard InChI is InChI=1S/C15H21ClN2O2/c16-12-5-7-13(8-6-12)18-15(19)10-20-14-4-2-1-3-11(14)9-17/h5-8,11,14H,1-4,9-10,17H2,(H,18,19). The fourth-order valence-corrected chi connectivity index (χ4v) is 2.70. The van der Waals surface area contributed by atoms with Crippen molar-refractivity contribution < 1.29 is 9.53 Å². The molecule has 0 aromatic heterocycles. The van der Waals surface area contributed by atoms with E-state index in [1.807, 2.05) is 0 Å². The number of carbonyl (C=O) groups excluding carboxylic acids is 1. The molecule has 20 heavy (non-hydrogen) atoms. The number of carbonyl (C=O) groups is 1. The molecule has 1 fully saturated rings. The number of nitrogens with two attached hydrogens (primary N) is 1. The van der Waals surface area contributed by atoms with Crippen LogP contribution in [0, 0.1) is 5.92 Å². The van der Waals surface area contributed by atoms with E-state index >= 15 is 0 Å². The van der Waals surface area contributed by atoms with Crippen molar-refractivity contribution >= 4 is 23.2 Å². The van der Waals surface area contributed by atoms with E-state index in [0.717, 1.165) is 24.9 Å². The summed E-state index contributed by atoms with van der Waals surface area (Å²) in [5.41, 5.74) is 6.47. The van der Waals surface area contributed by atoms with Gasteiger partial charge in [-0.2, -0.15) is 0 Å². The van der Waals surface area contributed by atoms with Crippen LogP contribution >= 0.6 is 11.6 Å². The van der Waals surface area contributed by atoms with Gasteiger partial charge in [0.05, 0.1) is 6.10 Å². The van der Waals surface area contributed by atoms with Crippen molar-refractivity contribution in [2.24, 2.45) is 11.7 Å². The zero-order valence-electron chi connectivity index (χ0n) is 11.5. The molecule has 2 atom stereocenters. The lowest BCUT2D eigenvalue weighted by atomic mass is 9.86. The van der Waals surface area contributed by atoms with Gasteiger partial charge in [-0.3, -0.25) is 4.79 Å². The van der Waals surface area contributed by atoms with Crippen molar-refractivity contribution in [2.75, 3.05) is 18.5 Å². The van der Waals surface area contributed by atoms with E-state index < -0.39 is 0 Å². The first-order valence-electron chi connectivity index (χ1n) is 7.06. The Kier molecular flexibility index (Phi) is 5.83. The highest BCUT2D eigenvalue weighted by atomic mass is 35.5. The second-order valence-corrected chi connectivity index (χ2v) is 5.62. The molecule has 0 saturated heterocycles. The molecule has 0 spiro atoms. The monoisotopic (exact) mass is 296 g/mol. The third-order valence-electron chi connectivity index (χ3n) is 3.70. The van der Waals surface area contributed by atoms with Crippen LogP contribution < -0.4 is 11.1 Å². The quantitative estimate of drug-likeness (QED) is 0.878. The first-order valence-corrected chi connectivity index (χ1v) is 7.44. The Morgan fingerprint density at radius 1 is 1.30 bits per heavy atom. The van der Waals surface area contributed by atoms with Crippen LogP contribution in [0.4, 0.5) is 5.69 Å². The lowest BCUT2D eigenvalue weighted by Gasteiger charge is -2.30. The maximum Gasteiger partial charge on any atom is 0.250 e. The summed E-state index contributed by atoms with van der Waals surface area (Å²) in [6, 6.07) is 7.01. The fourth-order valence-electron chi connectivity index (χ4n) is 2.58. The molecule has 0 heterocycles. The topological polar surface area (TPSA) is 64.3 Å². The van der Waals surface area contributed by atoms with Crippen LogP contribution in [0.3, 0.4) is 0 Å². The molecular weight excluding hydrogens is 276 g/mol. The molecule has 1 aromatic rings. The molecule has 1 saturated carbocycles. The Balaban J connectivity index is 1.78. The van der Waals surface area contributed by atoms with Gasteiger partial charge in [-0.05, 0) is 49.6 Å². The van der Waals surface area contributed by atoms with Gasteiger partial charge < -0.3 is 15.8 Å². The molecule has 2 unspecified atom stereocenters. The van der Waals surface area contributed by atoms with Crippen LogP contribution in [0.25, 0.3) is 0 Å². The zero-order chi connectivity index (χ0) is 14.4. The highest BCUT2D eigenvalue weighted by molar-refractivity contribution is 6.30. The Labute approximate surface area is 124 Å². The summed E-state index contributed by atoms with van der Waals surface area (Å²) in [4.78, 5) is 11.8. The van der Waals surface area contributed by atoms with Crippen molar-refractivity contribution in [1.29, 1.82) is 0 Å². The number of hydrogen-bond acceptors (Lipinski definition) is 3. The maximum atomic E-state index is 11.8. The lowest BCUT2D eigenvalue weighted by molar-refractivity contribution is -0.124. The second kappa shape index (κ2) is 7.62. The number of anilines is 1. The average Bonchev–Trinajstić information content (AvgIpc) is 2.48. The minimum absolute atomic E-state index is 0.0732. The molecule has 0 radical (unpaired) electrons. The summed E-state index contributed by atoms with van der Waals surface area (Å²) in [5.74, 6) is 0.237. The Morgan fingerprint density at radius 2 is 2.00 bits per heavy atom. The van der Waals surface area contributed by atoms with Gasteiger partial charge >= 0.3 is 0 Å². The molecule has 1 amide bonds. The maximum absolute atomic E-state index is 11.8. The normalized spacial score (nSPS) is 22.5. The molecular formula is C15H21ClN2O2. The van der Waals surface area contributed by atoms with Crippen molar-refractivity contribution in [3.63, 3.8) is 0 Å². The number of benzene rings is 1. The first kappa shape index (κ1) is 15.3. The molecule has 1 aromatic carbocycles. The van der Waals surface area contributed by atoms with Crippen molar-refractivity contribution in [1.82, 2.24) is 0 Å². The third kappa shape index (κ3) is 4.47. The Hall–Kier alpha value is -1.10. The van der Waals surface area contributed by atoms with Gasteiger partial charge in [0, 0.05) is 10.7 Å². The first-order chi connectivity index (χ1) is 9.69. The van der Waals surface area contributed by atoms with Crippen molar-refractivity contribution in [3.05, 3.63) is 29.3 Å². The van der Waals surface area contributed by atoms with Crippen LogP contribution in [0.15, 0.2) is 24.3 Å². The van der Waals surface area contributed by atoms with Crippen LogP contribution in [-0.4, -0.2) is 25.2 Å². The van der Waals surface area contributed by atoms with Crippen LogP contribution in [0.5, 0.6) is 0 Å². The van der Waals surface area contributed by atoms with Crippen LogP contribution in [-0.2, 0) is 9.53 Å². The molecule has 0 bridgehead atoms. The highest BCUT2D eigenvalue weighted by Gasteiger charge is 2.25. The fraction of sp³-hybridized carbons (Fsp3) is 0.533. The van der Waals surface area contributed by atoms with E-state index in [2.05, 4.69) is 5.32 Å². The van der Waals surface area contributed by atoms with E-state index in [1.165, 1.54) is 6.42 Å². The minimum Gasteiger partial charge on any atom is -0.368 e. The van der Waals surface area contributed by atoms with E-state index in [1.54, 1.807) is 24.3 Å². The summed E-state index contributed by atoms with van der Waals surface area (Å²) < 4.78 is 5.73. The van der Waals surface area contributed by atoms with Gasteiger partial charge in [0.25, 0.3) is 0 Å². The van der Waals surface area contributed by atoms with E-state index in [9.17, 15) is 4.79 Å². The van der Waals surface area contributed by atoms with Gasteiger partial charge in [-0.1, -0.05) is 24.4 Å². The Morgan fingerprint density at radius 3 is 2.70 bits per heavy atom.